The molecule has 75 heavy (non-hydrogen) atoms. The van der Waals surface area contributed by atoms with Crippen LogP contribution in [0.4, 0.5) is 0 Å². The molecule has 0 aliphatic heterocycles. The highest BCUT2D eigenvalue weighted by atomic mass is 16.5. The summed E-state index contributed by atoms with van der Waals surface area (Å²) in [7, 11) is 0. The zero-order chi connectivity index (χ0) is 54.3. The van der Waals surface area contributed by atoms with E-state index in [4.69, 9.17) is 4.74 Å². The fourth-order valence-corrected chi connectivity index (χ4v) is 10.2. The molecule has 0 aliphatic carbocycles. The molecule has 0 fully saturated rings. The van der Waals surface area contributed by atoms with Gasteiger partial charge in [0, 0.05) is 12.8 Å². The minimum atomic E-state index is -0.850. The average molecular weight is 1050 g/mol. The van der Waals surface area contributed by atoms with Crippen LogP contribution < -0.4 is 5.32 Å². The molecule has 0 saturated heterocycles. The maximum atomic E-state index is 12.5. The van der Waals surface area contributed by atoms with Gasteiger partial charge in [-0.05, 0) is 89.9 Å². The fourth-order valence-electron chi connectivity index (χ4n) is 10.2. The van der Waals surface area contributed by atoms with E-state index in [2.05, 4.69) is 55.6 Å². The zero-order valence-corrected chi connectivity index (χ0v) is 50.3. The lowest BCUT2D eigenvalue weighted by Crippen LogP contribution is -2.45. The quantitative estimate of drug-likeness (QED) is 0.0320. The predicted octanol–water partition coefficient (Wildman–Crippen LogP) is 21.3. The number of hydrogen-bond donors (Lipinski definition) is 3. The molecule has 6 nitrogen and oxygen atoms in total. The minimum Gasteiger partial charge on any atom is -0.466 e. The molecule has 0 aromatic heterocycles. The Morgan fingerprint density at radius 1 is 0.373 bits per heavy atom. The van der Waals surface area contributed by atoms with Crippen molar-refractivity contribution in [3.63, 3.8) is 0 Å². The second-order valence-electron chi connectivity index (χ2n) is 22.8. The van der Waals surface area contributed by atoms with Crippen molar-refractivity contribution in [1.29, 1.82) is 0 Å². The Kier molecular flexibility index (Phi) is 62.5. The first-order valence-electron chi connectivity index (χ1n) is 33.4. The third-order valence-corrected chi connectivity index (χ3v) is 15.3. The van der Waals surface area contributed by atoms with Crippen LogP contribution in [0.15, 0.2) is 48.6 Å². The van der Waals surface area contributed by atoms with Crippen LogP contribution in [0.25, 0.3) is 0 Å². The fraction of sp³-hybridized carbons (Fsp3) is 0.855. The summed E-state index contributed by atoms with van der Waals surface area (Å²) in [6.45, 7) is 4.91. The van der Waals surface area contributed by atoms with E-state index in [0.29, 0.717) is 19.4 Å². The predicted molar refractivity (Wildman–Crippen MR) is 329 cm³/mol. The van der Waals surface area contributed by atoms with E-state index in [1.165, 1.54) is 276 Å². The SMILES string of the molecule is CCCCCCCC/C=C\CCCCCCCC(=O)OCCCCCCCCCCC/C=C\C/C=C\CCCCCCCCCCCC(=O)NC(CO)C(O)/C=C/CCCCCCCCCCCCCCCCCC. The van der Waals surface area contributed by atoms with Crippen LogP contribution >= 0.6 is 0 Å². The second-order valence-corrected chi connectivity index (χ2v) is 22.8. The Morgan fingerprint density at radius 3 is 1.03 bits per heavy atom. The first-order chi connectivity index (χ1) is 37.0. The number of aliphatic hydroxyl groups excluding tert-OH is 2. The molecule has 440 valence electrons. The molecule has 0 radical (unpaired) electrons. The summed E-state index contributed by atoms with van der Waals surface area (Å²) in [5.74, 6) is -0.0717. The van der Waals surface area contributed by atoms with Gasteiger partial charge in [0.15, 0.2) is 0 Å². The van der Waals surface area contributed by atoms with E-state index in [0.717, 1.165) is 51.4 Å². The number of hydrogen-bond acceptors (Lipinski definition) is 5. The van der Waals surface area contributed by atoms with Crippen LogP contribution in [0.2, 0.25) is 0 Å². The Morgan fingerprint density at radius 2 is 0.667 bits per heavy atom. The van der Waals surface area contributed by atoms with Crippen molar-refractivity contribution >= 4 is 11.9 Å². The molecule has 2 unspecified atom stereocenters. The highest BCUT2D eigenvalue weighted by molar-refractivity contribution is 5.76. The largest absolute Gasteiger partial charge is 0.466 e. The van der Waals surface area contributed by atoms with Crippen molar-refractivity contribution in [3.8, 4) is 0 Å². The lowest BCUT2D eigenvalue weighted by molar-refractivity contribution is -0.143. The molecule has 2 atom stereocenters. The number of esters is 1. The third-order valence-electron chi connectivity index (χ3n) is 15.3. The summed E-state index contributed by atoms with van der Waals surface area (Å²) in [5, 5.41) is 23.2. The van der Waals surface area contributed by atoms with Crippen molar-refractivity contribution in [2.75, 3.05) is 13.2 Å². The Balaban J connectivity index is 3.46. The van der Waals surface area contributed by atoms with Gasteiger partial charge < -0.3 is 20.3 Å². The van der Waals surface area contributed by atoms with E-state index in [-0.39, 0.29) is 18.5 Å². The van der Waals surface area contributed by atoms with E-state index < -0.39 is 12.1 Å². The van der Waals surface area contributed by atoms with Crippen LogP contribution in [0.5, 0.6) is 0 Å². The smallest absolute Gasteiger partial charge is 0.305 e. The van der Waals surface area contributed by atoms with Gasteiger partial charge in [0.25, 0.3) is 0 Å². The molecule has 1 amide bonds. The van der Waals surface area contributed by atoms with Crippen molar-refractivity contribution < 1.29 is 24.5 Å². The summed E-state index contributed by atoms with van der Waals surface area (Å²) < 4.78 is 5.48. The zero-order valence-electron chi connectivity index (χ0n) is 50.3. The normalized spacial score (nSPS) is 12.9. The van der Waals surface area contributed by atoms with Gasteiger partial charge in [-0.15, -0.1) is 0 Å². The van der Waals surface area contributed by atoms with Gasteiger partial charge in [-0.1, -0.05) is 300 Å². The highest BCUT2D eigenvalue weighted by Crippen LogP contribution is 2.17. The van der Waals surface area contributed by atoms with Gasteiger partial charge in [-0.25, -0.2) is 0 Å². The molecule has 0 aromatic carbocycles. The number of carbonyl (C=O) groups excluding carboxylic acids is 2. The number of amides is 1. The van der Waals surface area contributed by atoms with Gasteiger partial charge in [-0.3, -0.25) is 9.59 Å². The van der Waals surface area contributed by atoms with E-state index in [1.807, 2.05) is 6.08 Å². The summed E-state index contributed by atoms with van der Waals surface area (Å²) in [5.41, 5.74) is 0. The maximum absolute atomic E-state index is 12.5. The number of rotatable bonds is 62. The van der Waals surface area contributed by atoms with E-state index in [9.17, 15) is 19.8 Å². The molecule has 0 aromatic rings. The number of aliphatic hydroxyl groups is 2. The standard InChI is InChI=1S/C69H129NO5/c1-3-5-7-9-11-13-15-17-19-20-30-34-37-41-45-49-53-57-61-67(72)66(65-71)70-68(73)62-58-54-50-46-42-38-35-31-28-26-24-22-21-23-25-27-29-32-36-40-44-48-52-56-60-64-75-69(74)63-59-55-51-47-43-39-33-18-16-14-12-10-8-6-4-2/h18,22-25,33,57,61,66-67,71-72H,3-17,19-21,26-32,34-56,58-60,62-65H2,1-2H3,(H,70,73)/b24-22-,25-23-,33-18-,61-57+. The monoisotopic (exact) mass is 1050 g/mol. The molecule has 6 heteroatoms. The Bertz CT molecular complexity index is 1260. The number of unbranched alkanes of at least 4 members (excludes halogenated alkanes) is 45. The molecule has 0 heterocycles. The summed E-state index contributed by atoms with van der Waals surface area (Å²) in [6.07, 6.45) is 83.1. The molecule has 0 bridgehead atoms. The van der Waals surface area contributed by atoms with Crippen molar-refractivity contribution in [3.05, 3.63) is 48.6 Å². The first-order valence-corrected chi connectivity index (χ1v) is 33.4. The van der Waals surface area contributed by atoms with Crippen molar-refractivity contribution in [2.45, 2.75) is 366 Å². The summed E-state index contributed by atoms with van der Waals surface area (Å²) in [6, 6.07) is -0.634. The van der Waals surface area contributed by atoms with E-state index in [1.54, 1.807) is 6.08 Å². The molecule has 0 spiro atoms. The van der Waals surface area contributed by atoms with Crippen LogP contribution in [-0.4, -0.2) is 47.4 Å². The molecule has 0 aliphatic rings. The molecule has 3 N–H and O–H groups in total. The van der Waals surface area contributed by atoms with Crippen molar-refractivity contribution in [1.82, 2.24) is 5.32 Å². The first kappa shape index (κ1) is 72.8. The van der Waals surface area contributed by atoms with Crippen LogP contribution in [-0.2, 0) is 14.3 Å². The van der Waals surface area contributed by atoms with Gasteiger partial charge in [-0.2, -0.15) is 0 Å². The van der Waals surface area contributed by atoms with Crippen LogP contribution in [0.1, 0.15) is 354 Å². The highest BCUT2D eigenvalue weighted by Gasteiger charge is 2.18. The average Bonchev–Trinajstić information content (AvgIpc) is 3.41. The van der Waals surface area contributed by atoms with Crippen LogP contribution in [0.3, 0.4) is 0 Å². The number of ether oxygens (including phenoxy) is 1. The number of carbonyl (C=O) groups is 2. The maximum Gasteiger partial charge on any atom is 0.305 e. The van der Waals surface area contributed by atoms with Gasteiger partial charge >= 0.3 is 5.97 Å². The summed E-state index contributed by atoms with van der Waals surface area (Å²) >= 11 is 0. The third kappa shape index (κ3) is 60.9. The topological polar surface area (TPSA) is 95.9 Å². The molecular weight excluding hydrogens is 923 g/mol. The van der Waals surface area contributed by atoms with Gasteiger partial charge in [0.2, 0.25) is 5.91 Å². The number of nitrogens with one attached hydrogen (secondary N) is 1. The van der Waals surface area contributed by atoms with Crippen molar-refractivity contribution in [2.24, 2.45) is 0 Å². The van der Waals surface area contributed by atoms with Crippen LogP contribution in [0, 0.1) is 0 Å². The minimum absolute atomic E-state index is 0.000604. The second kappa shape index (κ2) is 64.3. The Hall–Kier alpha value is -2.18. The number of allylic oxidation sites excluding steroid dienone is 7. The lowest BCUT2D eigenvalue weighted by Gasteiger charge is -2.20. The molecular formula is C69H129NO5. The molecule has 0 rings (SSSR count). The Labute approximate surface area is 467 Å². The van der Waals surface area contributed by atoms with E-state index >= 15 is 0 Å². The van der Waals surface area contributed by atoms with Gasteiger partial charge in [0.1, 0.15) is 0 Å². The lowest BCUT2D eigenvalue weighted by atomic mass is 10.0. The molecule has 0 saturated carbocycles. The summed E-state index contributed by atoms with van der Waals surface area (Å²) in [4.78, 5) is 24.6. The van der Waals surface area contributed by atoms with Gasteiger partial charge in [0.05, 0.1) is 25.4 Å².